The van der Waals surface area contributed by atoms with Crippen molar-refractivity contribution < 1.29 is 4.79 Å². The zero-order chi connectivity index (χ0) is 17.6. The van der Waals surface area contributed by atoms with Crippen molar-refractivity contribution in [1.29, 1.82) is 0 Å². The van der Waals surface area contributed by atoms with Crippen LogP contribution in [-0.4, -0.2) is 44.4 Å². The van der Waals surface area contributed by atoms with E-state index < -0.39 is 0 Å². The van der Waals surface area contributed by atoms with Crippen LogP contribution in [0.1, 0.15) is 41.5 Å². The van der Waals surface area contributed by atoms with Gasteiger partial charge in [0.2, 0.25) is 0 Å². The van der Waals surface area contributed by atoms with E-state index in [-0.39, 0.29) is 5.91 Å². The number of hydrogen-bond acceptors (Lipinski definition) is 5. The van der Waals surface area contributed by atoms with Crippen molar-refractivity contribution in [2.24, 2.45) is 0 Å². The van der Waals surface area contributed by atoms with Crippen molar-refractivity contribution in [3.05, 3.63) is 35.8 Å². The summed E-state index contributed by atoms with van der Waals surface area (Å²) in [7, 11) is 3.87. The third-order valence-corrected chi connectivity index (χ3v) is 4.55. The van der Waals surface area contributed by atoms with Gasteiger partial charge in [0.25, 0.3) is 5.91 Å². The number of anilines is 2. The van der Waals surface area contributed by atoms with Crippen LogP contribution in [0.5, 0.6) is 0 Å². The molecule has 4 rings (SSSR count). The Morgan fingerprint density at radius 2 is 2.12 bits per heavy atom. The quantitative estimate of drug-likeness (QED) is 0.789. The maximum absolute atomic E-state index is 12.7. The highest BCUT2D eigenvalue weighted by Crippen LogP contribution is 2.32. The van der Waals surface area contributed by atoms with Crippen molar-refractivity contribution in [3.63, 3.8) is 0 Å². The number of aromatic nitrogens is 5. The molecule has 1 saturated carbocycles. The van der Waals surface area contributed by atoms with E-state index in [4.69, 9.17) is 0 Å². The van der Waals surface area contributed by atoms with Gasteiger partial charge in [-0.25, -0.2) is 4.98 Å². The monoisotopic (exact) mass is 339 g/mol. The molecule has 1 aliphatic carbocycles. The molecule has 0 atom stereocenters. The Kier molecular flexibility index (Phi) is 3.67. The Labute approximate surface area is 145 Å². The Morgan fingerprint density at radius 3 is 2.80 bits per heavy atom. The molecule has 1 fully saturated rings. The lowest BCUT2D eigenvalue weighted by atomic mass is 9.93. The van der Waals surface area contributed by atoms with E-state index in [1.54, 1.807) is 16.8 Å². The fraction of sp³-hybridized carbons (Fsp3) is 0.412. The summed E-state index contributed by atoms with van der Waals surface area (Å²) in [6.07, 6.45) is 5.02. The standard InChI is InChI=1S/C17H21N7O/c1-11-9-15-19-14(10-16(22(2)3)24(15)21-11)20-17(25)13-7-8-18-23(13)12-5-4-6-12/h7-10,12H,4-6H2,1-3H3,(H,19,20,25). The highest BCUT2D eigenvalue weighted by Gasteiger charge is 2.25. The molecule has 1 N–H and O–H groups in total. The number of carbonyl (C=O) groups is 1. The lowest BCUT2D eigenvalue weighted by Gasteiger charge is -2.27. The molecule has 0 aliphatic heterocycles. The summed E-state index contributed by atoms with van der Waals surface area (Å²) < 4.78 is 3.59. The molecule has 3 heterocycles. The molecule has 8 heteroatoms. The smallest absolute Gasteiger partial charge is 0.275 e. The first-order valence-corrected chi connectivity index (χ1v) is 8.42. The highest BCUT2D eigenvalue weighted by atomic mass is 16.2. The SMILES string of the molecule is Cc1cc2nc(NC(=O)c3ccnn3C3CCC3)cc(N(C)C)n2n1. The Morgan fingerprint density at radius 1 is 1.32 bits per heavy atom. The van der Waals surface area contributed by atoms with E-state index in [1.165, 1.54) is 6.42 Å². The van der Waals surface area contributed by atoms with Crippen LogP contribution in [0.25, 0.3) is 5.65 Å². The van der Waals surface area contributed by atoms with Crippen molar-refractivity contribution in [1.82, 2.24) is 24.4 Å². The summed E-state index contributed by atoms with van der Waals surface area (Å²) in [5.41, 5.74) is 2.15. The van der Waals surface area contributed by atoms with Gasteiger partial charge in [-0.1, -0.05) is 0 Å². The minimum atomic E-state index is -0.192. The van der Waals surface area contributed by atoms with Crippen LogP contribution >= 0.6 is 0 Å². The number of aryl methyl sites for hydroxylation is 1. The van der Waals surface area contributed by atoms with Gasteiger partial charge in [0.1, 0.15) is 17.3 Å². The van der Waals surface area contributed by atoms with Gasteiger partial charge in [0.15, 0.2) is 5.65 Å². The number of fused-ring (bicyclic) bond motifs is 1. The Bertz CT molecular complexity index is 936. The summed E-state index contributed by atoms with van der Waals surface area (Å²) in [4.78, 5) is 19.2. The van der Waals surface area contributed by atoms with E-state index in [2.05, 4.69) is 20.5 Å². The average molecular weight is 339 g/mol. The van der Waals surface area contributed by atoms with Crippen molar-refractivity contribution >= 4 is 23.2 Å². The lowest BCUT2D eigenvalue weighted by Crippen LogP contribution is -2.25. The first-order valence-electron chi connectivity index (χ1n) is 8.42. The maximum atomic E-state index is 12.7. The molecule has 1 aliphatic rings. The van der Waals surface area contributed by atoms with Gasteiger partial charge in [0, 0.05) is 32.4 Å². The second kappa shape index (κ2) is 5.87. The molecule has 130 valence electrons. The van der Waals surface area contributed by atoms with Gasteiger partial charge in [-0.2, -0.15) is 14.7 Å². The number of rotatable bonds is 4. The zero-order valence-corrected chi connectivity index (χ0v) is 14.6. The molecule has 0 spiro atoms. The van der Waals surface area contributed by atoms with Crippen LogP contribution in [0, 0.1) is 6.92 Å². The van der Waals surface area contributed by atoms with E-state index in [0.29, 0.717) is 23.2 Å². The van der Waals surface area contributed by atoms with E-state index >= 15 is 0 Å². The lowest BCUT2D eigenvalue weighted by molar-refractivity contribution is 0.100. The van der Waals surface area contributed by atoms with E-state index in [9.17, 15) is 4.79 Å². The van der Waals surface area contributed by atoms with E-state index in [0.717, 1.165) is 24.4 Å². The Hall–Kier alpha value is -2.90. The van der Waals surface area contributed by atoms with Crippen LogP contribution < -0.4 is 10.2 Å². The van der Waals surface area contributed by atoms with Crippen LogP contribution in [0.15, 0.2) is 24.4 Å². The summed E-state index contributed by atoms with van der Waals surface area (Å²) in [6.45, 7) is 1.92. The fourth-order valence-electron chi connectivity index (χ4n) is 3.05. The predicted octanol–water partition coefficient (Wildman–Crippen LogP) is 2.28. The first kappa shape index (κ1) is 15.6. The van der Waals surface area contributed by atoms with Crippen molar-refractivity contribution in [2.45, 2.75) is 32.2 Å². The van der Waals surface area contributed by atoms with Gasteiger partial charge in [-0.3, -0.25) is 9.48 Å². The van der Waals surface area contributed by atoms with Gasteiger partial charge in [-0.15, -0.1) is 0 Å². The molecule has 0 bridgehead atoms. The second-order valence-electron chi connectivity index (χ2n) is 6.65. The number of nitrogens with one attached hydrogen (secondary N) is 1. The molecule has 8 nitrogen and oxygen atoms in total. The molecular weight excluding hydrogens is 318 g/mol. The van der Waals surface area contributed by atoms with Crippen LogP contribution in [0.2, 0.25) is 0 Å². The van der Waals surface area contributed by atoms with Gasteiger partial charge >= 0.3 is 0 Å². The second-order valence-corrected chi connectivity index (χ2v) is 6.65. The molecule has 0 saturated heterocycles. The molecule has 3 aromatic heterocycles. The predicted molar refractivity (Wildman–Crippen MR) is 95.1 cm³/mol. The topological polar surface area (TPSA) is 80.4 Å². The maximum Gasteiger partial charge on any atom is 0.275 e. The van der Waals surface area contributed by atoms with Gasteiger partial charge < -0.3 is 10.2 Å². The molecule has 0 radical (unpaired) electrons. The minimum absolute atomic E-state index is 0.192. The molecular formula is C17H21N7O. The summed E-state index contributed by atoms with van der Waals surface area (Å²) in [5, 5.41) is 11.7. The Balaban J connectivity index is 1.66. The average Bonchev–Trinajstić information content (AvgIpc) is 3.10. The largest absolute Gasteiger partial charge is 0.363 e. The molecule has 0 unspecified atom stereocenters. The fourth-order valence-corrected chi connectivity index (χ4v) is 3.05. The van der Waals surface area contributed by atoms with Crippen molar-refractivity contribution in [2.75, 3.05) is 24.3 Å². The normalized spacial score (nSPS) is 14.5. The zero-order valence-electron chi connectivity index (χ0n) is 14.6. The number of amides is 1. The molecule has 25 heavy (non-hydrogen) atoms. The minimum Gasteiger partial charge on any atom is -0.363 e. The summed E-state index contributed by atoms with van der Waals surface area (Å²) in [5.74, 6) is 1.16. The first-order chi connectivity index (χ1) is 12.0. The summed E-state index contributed by atoms with van der Waals surface area (Å²) in [6, 6.07) is 5.80. The van der Waals surface area contributed by atoms with E-state index in [1.807, 2.05) is 42.7 Å². The molecule has 1 amide bonds. The highest BCUT2D eigenvalue weighted by molar-refractivity contribution is 6.02. The number of carbonyl (C=O) groups excluding carboxylic acids is 1. The number of hydrogen-bond donors (Lipinski definition) is 1. The third-order valence-electron chi connectivity index (χ3n) is 4.55. The molecule has 0 aromatic carbocycles. The van der Waals surface area contributed by atoms with Gasteiger partial charge in [0.05, 0.1) is 11.7 Å². The van der Waals surface area contributed by atoms with Gasteiger partial charge in [-0.05, 0) is 32.3 Å². The number of nitrogens with zero attached hydrogens (tertiary/aromatic N) is 6. The third kappa shape index (κ3) is 2.73. The van der Waals surface area contributed by atoms with Crippen LogP contribution in [0.4, 0.5) is 11.6 Å². The summed E-state index contributed by atoms with van der Waals surface area (Å²) >= 11 is 0. The van der Waals surface area contributed by atoms with Crippen molar-refractivity contribution in [3.8, 4) is 0 Å². The molecule has 3 aromatic rings. The van der Waals surface area contributed by atoms with Crippen LogP contribution in [0.3, 0.4) is 0 Å². The van der Waals surface area contributed by atoms with Crippen LogP contribution in [-0.2, 0) is 0 Å².